The predicted molar refractivity (Wildman–Crippen MR) is 69.2 cm³/mol. The molecule has 0 heterocycles. The maximum absolute atomic E-state index is 11.7. The van der Waals surface area contributed by atoms with Crippen LogP contribution in [0, 0.1) is 0 Å². The van der Waals surface area contributed by atoms with Gasteiger partial charge in [-0.3, -0.25) is 9.13 Å². The van der Waals surface area contributed by atoms with Crippen molar-refractivity contribution in [3.8, 4) is 0 Å². The van der Waals surface area contributed by atoms with Crippen LogP contribution >= 0.6 is 14.7 Å². The fourth-order valence-corrected chi connectivity index (χ4v) is 3.55. The fraction of sp³-hybridized carbons (Fsp3) is 0.800. The second-order valence-corrected chi connectivity index (χ2v) is 9.00. The third-order valence-corrected chi connectivity index (χ3v) is 5.20. The van der Waals surface area contributed by atoms with Gasteiger partial charge in [0, 0.05) is 25.7 Å². The Morgan fingerprint density at radius 1 is 0.875 bits per heavy atom. The van der Waals surface area contributed by atoms with E-state index >= 15 is 0 Å². The van der Waals surface area contributed by atoms with Crippen molar-refractivity contribution >= 4 is 14.7 Å². The van der Waals surface area contributed by atoms with Crippen LogP contribution < -0.4 is 0 Å². The molecule has 6 heteroatoms. The predicted octanol–water partition coefficient (Wildman–Crippen LogP) is 3.43. The van der Waals surface area contributed by atoms with Gasteiger partial charge in [-0.25, -0.2) is 0 Å². The van der Waals surface area contributed by atoms with Crippen LogP contribution in [0.15, 0.2) is 12.2 Å². The van der Waals surface area contributed by atoms with Crippen molar-refractivity contribution in [2.24, 2.45) is 0 Å². The molecule has 0 aromatic carbocycles. The lowest BCUT2D eigenvalue weighted by molar-refractivity contribution is 0.338. The molecule has 0 aliphatic carbocycles. The third kappa shape index (κ3) is 8.29. The molecule has 0 aromatic rings. The van der Waals surface area contributed by atoms with Gasteiger partial charge >= 0.3 is 0 Å². The number of rotatable bonds is 8. The minimum Gasteiger partial charge on any atom is -0.329 e. The number of allylic oxidation sites excluding steroid dienone is 2. The molecular weight excluding hydrogens is 246 g/mol. The zero-order valence-corrected chi connectivity index (χ0v) is 12.3. The monoisotopic (exact) mass is 268 g/mol. The second-order valence-electron chi connectivity index (χ2n) is 3.70. The molecule has 0 fully saturated rings. The lowest BCUT2D eigenvalue weighted by Crippen LogP contribution is -1.93. The lowest BCUT2D eigenvalue weighted by atomic mass is 10.6. The van der Waals surface area contributed by atoms with Crippen molar-refractivity contribution in [3.05, 3.63) is 12.2 Å². The summed E-state index contributed by atoms with van der Waals surface area (Å²) in [5, 5.41) is 0. The van der Waals surface area contributed by atoms with E-state index in [1.807, 2.05) is 13.8 Å². The first-order chi connectivity index (χ1) is 7.33. The Kier molecular flexibility index (Phi) is 7.50. The highest BCUT2D eigenvalue weighted by atomic mass is 31.2. The molecule has 0 amide bonds. The Labute approximate surface area is 98.3 Å². The van der Waals surface area contributed by atoms with Gasteiger partial charge in [0.2, 0.25) is 14.7 Å². The summed E-state index contributed by atoms with van der Waals surface area (Å²) in [6, 6.07) is 0. The first-order valence-corrected chi connectivity index (χ1v) is 9.91. The summed E-state index contributed by atoms with van der Waals surface area (Å²) in [7, 11) is -5.01. The van der Waals surface area contributed by atoms with Gasteiger partial charge in [-0.1, -0.05) is 12.2 Å². The van der Waals surface area contributed by atoms with E-state index in [1.54, 1.807) is 25.5 Å². The zero-order chi connectivity index (χ0) is 12.7. The van der Waals surface area contributed by atoms with Gasteiger partial charge < -0.3 is 9.05 Å². The van der Waals surface area contributed by atoms with Gasteiger partial charge in [-0.2, -0.15) is 0 Å². The fourth-order valence-electron chi connectivity index (χ4n) is 1.18. The van der Waals surface area contributed by atoms with E-state index < -0.39 is 14.7 Å². The van der Waals surface area contributed by atoms with Crippen LogP contribution in [0.1, 0.15) is 13.8 Å². The Bertz CT molecular complexity index is 282. The van der Waals surface area contributed by atoms with Crippen LogP contribution in [-0.4, -0.2) is 38.9 Å². The summed E-state index contributed by atoms with van der Waals surface area (Å²) in [4.78, 5) is 0. The summed E-state index contributed by atoms with van der Waals surface area (Å²) >= 11 is 0. The van der Waals surface area contributed by atoms with E-state index in [2.05, 4.69) is 0 Å². The first kappa shape index (κ1) is 16.1. The van der Waals surface area contributed by atoms with Crippen LogP contribution in [-0.2, 0) is 18.2 Å². The van der Waals surface area contributed by atoms with E-state index in [4.69, 9.17) is 9.05 Å². The van der Waals surface area contributed by atoms with Gasteiger partial charge in [-0.15, -0.1) is 0 Å². The molecule has 0 aliphatic rings. The Morgan fingerprint density at radius 2 is 1.19 bits per heavy atom. The second kappa shape index (κ2) is 7.45. The number of hydrogen-bond donors (Lipinski definition) is 0. The van der Waals surface area contributed by atoms with Crippen molar-refractivity contribution in [2.75, 3.05) is 38.9 Å². The smallest absolute Gasteiger partial charge is 0.203 e. The molecule has 2 unspecified atom stereocenters. The summed E-state index contributed by atoms with van der Waals surface area (Å²) in [5.74, 6) is 0. The Hall–Kier alpha value is 0.120. The van der Waals surface area contributed by atoms with Crippen molar-refractivity contribution in [2.45, 2.75) is 13.8 Å². The molecule has 0 aromatic heterocycles. The van der Waals surface area contributed by atoms with Gasteiger partial charge in [0.15, 0.2) is 0 Å². The summed E-state index contributed by atoms with van der Waals surface area (Å²) in [6.45, 7) is 7.74. The maximum Gasteiger partial charge on any atom is 0.203 e. The molecule has 0 radical (unpaired) electrons. The average molecular weight is 268 g/mol. The van der Waals surface area contributed by atoms with Gasteiger partial charge in [-0.05, 0) is 13.8 Å². The molecule has 0 spiro atoms. The molecule has 0 rings (SSSR count). The molecule has 0 N–H and O–H groups in total. The molecule has 96 valence electrons. The van der Waals surface area contributed by atoms with E-state index in [1.165, 1.54) is 0 Å². The molecule has 0 saturated heterocycles. The van der Waals surface area contributed by atoms with E-state index in [-0.39, 0.29) is 0 Å². The molecule has 0 saturated carbocycles. The summed E-state index contributed by atoms with van der Waals surface area (Å²) < 4.78 is 33.6. The Morgan fingerprint density at radius 3 is 1.44 bits per heavy atom. The van der Waals surface area contributed by atoms with Crippen molar-refractivity contribution in [1.29, 1.82) is 0 Å². The van der Waals surface area contributed by atoms with Gasteiger partial charge in [0.1, 0.15) is 0 Å². The van der Waals surface area contributed by atoms with Crippen LogP contribution in [0.5, 0.6) is 0 Å². The highest BCUT2D eigenvalue weighted by molar-refractivity contribution is 7.58. The maximum atomic E-state index is 11.7. The molecule has 0 aliphatic heterocycles. The van der Waals surface area contributed by atoms with Crippen LogP contribution in [0.4, 0.5) is 0 Å². The zero-order valence-electron chi connectivity index (χ0n) is 10.5. The first-order valence-electron chi connectivity index (χ1n) is 5.40. The van der Waals surface area contributed by atoms with E-state index in [9.17, 15) is 9.13 Å². The highest BCUT2D eigenvalue weighted by Crippen LogP contribution is 2.44. The molecular formula is C10H22O4P2. The van der Waals surface area contributed by atoms with Gasteiger partial charge in [0.05, 0.1) is 13.2 Å². The third-order valence-electron chi connectivity index (χ3n) is 1.85. The van der Waals surface area contributed by atoms with Crippen LogP contribution in [0.2, 0.25) is 0 Å². The minimum absolute atomic E-state index is 0.382. The number of hydrogen-bond acceptors (Lipinski definition) is 4. The lowest BCUT2D eigenvalue weighted by Gasteiger charge is -2.11. The van der Waals surface area contributed by atoms with E-state index in [0.717, 1.165) is 0 Å². The van der Waals surface area contributed by atoms with Crippen molar-refractivity contribution in [1.82, 2.24) is 0 Å². The van der Waals surface area contributed by atoms with Crippen LogP contribution in [0.3, 0.4) is 0 Å². The average Bonchev–Trinajstić information content (AvgIpc) is 2.12. The largest absolute Gasteiger partial charge is 0.329 e. The summed E-state index contributed by atoms with van der Waals surface area (Å²) in [5.41, 5.74) is 0. The van der Waals surface area contributed by atoms with E-state index in [0.29, 0.717) is 25.5 Å². The normalized spacial score (nSPS) is 19.5. The standard InChI is InChI=1S/C10H22O4P2/c1-5-13-15(3,11)9-7-8-10-16(4,12)14-6-2/h7-8H,5-6,9-10H2,1-4H3/b8-7-. The molecule has 0 bridgehead atoms. The van der Waals surface area contributed by atoms with Gasteiger partial charge in [0.25, 0.3) is 0 Å². The molecule has 4 nitrogen and oxygen atoms in total. The molecule has 16 heavy (non-hydrogen) atoms. The summed E-state index contributed by atoms with van der Waals surface area (Å²) in [6.07, 6.45) is 4.27. The molecule has 2 atom stereocenters. The topological polar surface area (TPSA) is 52.6 Å². The van der Waals surface area contributed by atoms with Crippen molar-refractivity contribution in [3.63, 3.8) is 0 Å². The van der Waals surface area contributed by atoms with Crippen molar-refractivity contribution < 1.29 is 18.2 Å². The quantitative estimate of drug-likeness (QED) is 0.500. The minimum atomic E-state index is -2.51. The Balaban J connectivity index is 4.03. The highest BCUT2D eigenvalue weighted by Gasteiger charge is 2.14. The van der Waals surface area contributed by atoms with Crippen LogP contribution in [0.25, 0.3) is 0 Å². The SMILES string of the molecule is CCOP(C)(=O)C/C=C\CP(C)(=O)OCC.